The number of amides is 1. The van der Waals surface area contributed by atoms with E-state index >= 15 is 0 Å². The summed E-state index contributed by atoms with van der Waals surface area (Å²) in [4.78, 5) is 16.6. The topological polar surface area (TPSA) is 42.0 Å². The fourth-order valence-electron chi connectivity index (χ4n) is 2.19. The van der Waals surface area contributed by atoms with Crippen molar-refractivity contribution in [3.05, 3.63) is 59.9 Å². The highest BCUT2D eigenvalue weighted by molar-refractivity contribution is 8.16. The van der Waals surface area contributed by atoms with Gasteiger partial charge in [-0.2, -0.15) is 0 Å². The molecule has 1 aliphatic rings. The van der Waals surface area contributed by atoms with E-state index in [9.17, 15) is 4.79 Å². The third-order valence-corrected chi connectivity index (χ3v) is 6.19. The summed E-state index contributed by atoms with van der Waals surface area (Å²) < 4.78 is 0.332. The molecule has 1 aliphatic heterocycles. The summed E-state index contributed by atoms with van der Waals surface area (Å²) in [6.07, 6.45) is 4.68. The number of para-hydroxylation sites is 1. The number of hydrogen-bond donors (Lipinski definition) is 1. The Morgan fingerprint density at radius 3 is 2.67 bits per heavy atom. The summed E-state index contributed by atoms with van der Waals surface area (Å²) in [6.45, 7) is 0. The summed E-state index contributed by atoms with van der Waals surface area (Å²) in [7, 11) is 0. The Morgan fingerprint density at radius 2 is 1.90 bits per heavy atom. The van der Waals surface area contributed by atoms with Gasteiger partial charge in [-0.15, -0.1) is 23.5 Å². The van der Waals surface area contributed by atoms with Gasteiger partial charge < -0.3 is 5.32 Å². The Bertz CT molecular complexity index is 613. The maximum absolute atomic E-state index is 12.5. The van der Waals surface area contributed by atoms with Crippen LogP contribution in [-0.4, -0.2) is 22.4 Å². The molecule has 3 rings (SSSR count). The molecule has 3 nitrogen and oxygen atoms in total. The summed E-state index contributed by atoms with van der Waals surface area (Å²) in [5.74, 6) is 2.22. The van der Waals surface area contributed by atoms with E-state index in [-0.39, 0.29) is 5.91 Å². The molecule has 2 aromatic rings. The van der Waals surface area contributed by atoms with Crippen LogP contribution in [0.25, 0.3) is 0 Å². The van der Waals surface area contributed by atoms with Gasteiger partial charge in [0.1, 0.15) is 0 Å². The molecule has 0 bridgehead atoms. The van der Waals surface area contributed by atoms with Gasteiger partial charge >= 0.3 is 0 Å². The molecule has 1 amide bonds. The summed E-state index contributed by atoms with van der Waals surface area (Å²) in [5, 5.41) is 2.94. The first-order valence-electron chi connectivity index (χ1n) is 6.88. The standard InChI is InChI=1S/C16H16N2OS2/c19-15(18-12-5-2-1-3-6-12)14-11-17-8-7-13(14)16-20-9-4-10-21-16/h1-3,5-8,11,16H,4,9-10H2,(H,18,19). The molecule has 0 atom stereocenters. The molecule has 1 aromatic carbocycles. The molecule has 1 N–H and O–H groups in total. The number of hydrogen-bond acceptors (Lipinski definition) is 4. The number of benzene rings is 1. The van der Waals surface area contributed by atoms with Gasteiger partial charge in [0.15, 0.2) is 0 Å². The monoisotopic (exact) mass is 316 g/mol. The molecule has 0 radical (unpaired) electrons. The maximum Gasteiger partial charge on any atom is 0.257 e. The van der Waals surface area contributed by atoms with Crippen LogP contribution in [0.2, 0.25) is 0 Å². The van der Waals surface area contributed by atoms with Crippen LogP contribution in [0.5, 0.6) is 0 Å². The summed E-state index contributed by atoms with van der Waals surface area (Å²) in [5.41, 5.74) is 2.56. The van der Waals surface area contributed by atoms with Gasteiger partial charge in [0.05, 0.1) is 10.1 Å². The Kier molecular flexibility index (Phi) is 4.83. The maximum atomic E-state index is 12.5. The molecule has 0 saturated carbocycles. The fraction of sp³-hybridized carbons (Fsp3) is 0.250. The SMILES string of the molecule is O=C(Nc1ccccc1)c1cnccc1C1SCCCS1. The van der Waals surface area contributed by atoms with E-state index in [1.165, 1.54) is 6.42 Å². The second-order valence-electron chi connectivity index (χ2n) is 4.71. The van der Waals surface area contributed by atoms with E-state index in [1.54, 1.807) is 12.4 Å². The van der Waals surface area contributed by atoms with E-state index in [2.05, 4.69) is 10.3 Å². The molecular weight excluding hydrogens is 300 g/mol. The molecule has 0 spiro atoms. The minimum Gasteiger partial charge on any atom is -0.322 e. The van der Waals surface area contributed by atoms with Gasteiger partial charge in [0.2, 0.25) is 0 Å². The van der Waals surface area contributed by atoms with E-state index in [0.29, 0.717) is 10.1 Å². The van der Waals surface area contributed by atoms with Crippen molar-refractivity contribution in [2.24, 2.45) is 0 Å². The lowest BCUT2D eigenvalue weighted by atomic mass is 10.1. The average molecular weight is 316 g/mol. The van der Waals surface area contributed by atoms with Crippen LogP contribution >= 0.6 is 23.5 Å². The first-order valence-corrected chi connectivity index (χ1v) is 8.98. The minimum absolute atomic E-state index is 0.0870. The van der Waals surface area contributed by atoms with Crippen LogP contribution in [0.3, 0.4) is 0 Å². The van der Waals surface area contributed by atoms with Gasteiger partial charge in [0, 0.05) is 18.1 Å². The lowest BCUT2D eigenvalue weighted by Crippen LogP contribution is -2.16. The van der Waals surface area contributed by atoms with E-state index in [1.807, 2.05) is 59.9 Å². The predicted molar refractivity (Wildman–Crippen MR) is 90.9 cm³/mol. The van der Waals surface area contributed by atoms with Crippen molar-refractivity contribution < 1.29 is 4.79 Å². The molecule has 1 fully saturated rings. The van der Waals surface area contributed by atoms with Gasteiger partial charge in [-0.05, 0) is 41.7 Å². The van der Waals surface area contributed by atoms with Gasteiger partial charge in [-0.25, -0.2) is 0 Å². The third kappa shape index (κ3) is 3.60. The zero-order chi connectivity index (χ0) is 14.5. The highest BCUT2D eigenvalue weighted by Crippen LogP contribution is 2.44. The van der Waals surface area contributed by atoms with Crippen molar-refractivity contribution in [2.75, 3.05) is 16.8 Å². The Hall–Kier alpha value is -1.46. The number of nitrogens with one attached hydrogen (secondary N) is 1. The molecule has 1 saturated heterocycles. The van der Waals surface area contributed by atoms with Gasteiger partial charge in [-0.1, -0.05) is 18.2 Å². The van der Waals surface area contributed by atoms with E-state index < -0.39 is 0 Å². The molecule has 108 valence electrons. The van der Waals surface area contributed by atoms with Crippen LogP contribution in [-0.2, 0) is 0 Å². The summed E-state index contributed by atoms with van der Waals surface area (Å²) >= 11 is 3.82. The third-order valence-electron chi connectivity index (χ3n) is 3.21. The second-order valence-corrected chi connectivity index (χ2v) is 7.43. The second kappa shape index (κ2) is 7.00. The van der Waals surface area contributed by atoms with Crippen molar-refractivity contribution >= 4 is 35.1 Å². The lowest BCUT2D eigenvalue weighted by Gasteiger charge is -2.22. The van der Waals surface area contributed by atoms with E-state index in [4.69, 9.17) is 0 Å². The molecular formula is C16H16N2OS2. The Morgan fingerprint density at radius 1 is 1.14 bits per heavy atom. The first-order chi connectivity index (χ1) is 10.3. The van der Waals surface area contributed by atoms with Gasteiger partial charge in [-0.3, -0.25) is 9.78 Å². The normalized spacial score (nSPS) is 15.6. The number of aromatic nitrogens is 1. The largest absolute Gasteiger partial charge is 0.322 e. The minimum atomic E-state index is -0.0870. The predicted octanol–water partition coefficient (Wildman–Crippen LogP) is 4.20. The highest BCUT2D eigenvalue weighted by Gasteiger charge is 2.22. The van der Waals surface area contributed by atoms with Crippen molar-refractivity contribution in [1.82, 2.24) is 4.98 Å². The van der Waals surface area contributed by atoms with Crippen LogP contribution in [0.1, 0.15) is 26.9 Å². The zero-order valence-electron chi connectivity index (χ0n) is 11.5. The van der Waals surface area contributed by atoms with Gasteiger partial charge in [0.25, 0.3) is 5.91 Å². The first kappa shape index (κ1) is 14.5. The molecule has 21 heavy (non-hydrogen) atoms. The number of carbonyl (C=O) groups is 1. The molecule has 0 unspecified atom stereocenters. The Labute approximate surface area is 132 Å². The lowest BCUT2D eigenvalue weighted by molar-refractivity contribution is 0.102. The van der Waals surface area contributed by atoms with Crippen molar-refractivity contribution in [2.45, 2.75) is 11.0 Å². The zero-order valence-corrected chi connectivity index (χ0v) is 13.1. The molecule has 0 aliphatic carbocycles. The van der Waals surface area contributed by atoms with Crippen LogP contribution in [0, 0.1) is 0 Å². The average Bonchev–Trinajstić information content (AvgIpc) is 2.56. The number of thioether (sulfide) groups is 2. The van der Waals surface area contributed by atoms with Crippen LogP contribution in [0.15, 0.2) is 48.8 Å². The quantitative estimate of drug-likeness (QED) is 0.921. The van der Waals surface area contributed by atoms with Crippen molar-refractivity contribution in [3.8, 4) is 0 Å². The fourth-order valence-corrected chi connectivity index (χ4v) is 5.15. The Balaban J connectivity index is 1.82. The molecule has 1 aromatic heterocycles. The smallest absolute Gasteiger partial charge is 0.257 e. The highest BCUT2D eigenvalue weighted by atomic mass is 32.2. The number of pyridine rings is 1. The molecule has 2 heterocycles. The van der Waals surface area contributed by atoms with Crippen molar-refractivity contribution in [1.29, 1.82) is 0 Å². The number of anilines is 1. The number of carbonyl (C=O) groups excluding carboxylic acids is 1. The van der Waals surface area contributed by atoms with Crippen LogP contribution < -0.4 is 5.32 Å². The summed E-state index contributed by atoms with van der Waals surface area (Å²) in [6, 6.07) is 11.5. The number of nitrogens with zero attached hydrogens (tertiary/aromatic N) is 1. The van der Waals surface area contributed by atoms with Crippen LogP contribution in [0.4, 0.5) is 5.69 Å². The number of rotatable bonds is 3. The molecule has 5 heteroatoms. The van der Waals surface area contributed by atoms with Crippen molar-refractivity contribution in [3.63, 3.8) is 0 Å². The van der Waals surface area contributed by atoms with E-state index in [0.717, 1.165) is 22.8 Å².